The highest BCUT2D eigenvalue weighted by molar-refractivity contribution is 6.36. The van der Waals surface area contributed by atoms with E-state index < -0.39 is 5.97 Å². The topological polar surface area (TPSA) is 65.1 Å². The van der Waals surface area contributed by atoms with Crippen molar-refractivity contribution in [3.8, 4) is 0 Å². The zero-order valence-corrected chi connectivity index (χ0v) is 11.3. The van der Waals surface area contributed by atoms with E-state index in [1.54, 1.807) is 0 Å². The fourth-order valence-electron chi connectivity index (χ4n) is 2.75. The van der Waals surface area contributed by atoms with E-state index in [2.05, 4.69) is 10.3 Å². The third-order valence-corrected chi connectivity index (χ3v) is 4.18. The molecule has 1 fully saturated rings. The van der Waals surface area contributed by atoms with E-state index in [4.69, 9.17) is 16.7 Å². The summed E-state index contributed by atoms with van der Waals surface area (Å²) < 4.78 is 0. The van der Waals surface area contributed by atoms with Gasteiger partial charge in [0.2, 0.25) is 0 Å². The molecule has 1 saturated heterocycles. The summed E-state index contributed by atoms with van der Waals surface area (Å²) in [5.41, 5.74) is 3.06. The van der Waals surface area contributed by atoms with Crippen LogP contribution in [0.4, 0.5) is 0 Å². The zero-order valence-electron chi connectivity index (χ0n) is 10.5. The Labute approximate surface area is 115 Å². The molecule has 1 aromatic carbocycles. The summed E-state index contributed by atoms with van der Waals surface area (Å²) in [5.74, 6) is -1.07. The molecule has 0 aliphatic carbocycles. The number of carboxylic acids is 1. The van der Waals surface area contributed by atoms with Crippen molar-refractivity contribution < 1.29 is 9.90 Å². The summed E-state index contributed by atoms with van der Waals surface area (Å²) in [7, 11) is 0. The first-order valence-electron chi connectivity index (χ1n) is 6.30. The van der Waals surface area contributed by atoms with Gasteiger partial charge in [0.1, 0.15) is 0 Å². The molecule has 1 aliphatic heterocycles. The number of carbonyl (C=O) groups is 1. The van der Waals surface area contributed by atoms with Crippen LogP contribution in [-0.4, -0.2) is 22.6 Å². The van der Waals surface area contributed by atoms with E-state index in [0.717, 1.165) is 22.2 Å². The molecule has 0 radical (unpaired) electrons. The van der Waals surface area contributed by atoms with Crippen molar-refractivity contribution in [2.75, 3.05) is 6.54 Å². The molecule has 2 atom stereocenters. The smallest absolute Gasteiger partial charge is 0.307 e. The van der Waals surface area contributed by atoms with Crippen LogP contribution in [0.3, 0.4) is 0 Å². The lowest BCUT2D eigenvalue weighted by molar-refractivity contribution is -0.141. The first-order valence-corrected chi connectivity index (χ1v) is 6.68. The summed E-state index contributed by atoms with van der Waals surface area (Å²) in [6.07, 6.45) is 0.587. The van der Waals surface area contributed by atoms with Crippen LogP contribution in [-0.2, 0) is 4.79 Å². The lowest BCUT2D eigenvalue weighted by Gasteiger charge is -2.13. The van der Waals surface area contributed by atoms with Gasteiger partial charge in [-0.3, -0.25) is 4.79 Å². The van der Waals surface area contributed by atoms with E-state index >= 15 is 0 Å². The number of aromatic nitrogens is 1. The first-order chi connectivity index (χ1) is 9.06. The molecule has 0 bridgehead atoms. The van der Waals surface area contributed by atoms with Crippen LogP contribution in [0.25, 0.3) is 10.9 Å². The minimum Gasteiger partial charge on any atom is -0.481 e. The molecule has 2 unspecified atom stereocenters. The van der Waals surface area contributed by atoms with E-state index in [9.17, 15) is 4.79 Å². The fourth-order valence-corrected chi connectivity index (χ4v) is 3.11. The number of fused-ring (bicyclic) bond motifs is 1. The second-order valence-electron chi connectivity index (χ2n) is 5.11. The number of nitrogens with one attached hydrogen (secondary N) is 2. The van der Waals surface area contributed by atoms with Gasteiger partial charge < -0.3 is 15.4 Å². The number of carboxylic acid groups (broad SMARTS) is 1. The van der Waals surface area contributed by atoms with E-state index in [1.165, 1.54) is 0 Å². The standard InChI is InChI=1S/C14H15ClN2O2/c1-7-4-10-11(17-7)3-2-9(13(10)15)12-5-8(6-16-12)14(18)19/h2-4,8,12,16-17H,5-6H2,1H3,(H,18,19). The molecule has 5 heteroatoms. The van der Waals surface area contributed by atoms with Crippen molar-refractivity contribution in [1.82, 2.24) is 10.3 Å². The Balaban J connectivity index is 1.97. The highest BCUT2D eigenvalue weighted by Crippen LogP contribution is 2.36. The van der Waals surface area contributed by atoms with Crippen LogP contribution in [0.5, 0.6) is 0 Å². The zero-order chi connectivity index (χ0) is 13.6. The van der Waals surface area contributed by atoms with Gasteiger partial charge in [0.15, 0.2) is 0 Å². The molecule has 1 aromatic heterocycles. The lowest BCUT2D eigenvalue weighted by Crippen LogP contribution is -2.17. The summed E-state index contributed by atoms with van der Waals surface area (Å²) in [4.78, 5) is 14.2. The highest BCUT2D eigenvalue weighted by atomic mass is 35.5. The quantitative estimate of drug-likeness (QED) is 0.791. The molecular weight excluding hydrogens is 264 g/mol. The summed E-state index contributed by atoms with van der Waals surface area (Å²) >= 11 is 6.45. The third kappa shape index (κ3) is 2.11. The molecule has 4 nitrogen and oxygen atoms in total. The van der Waals surface area contributed by atoms with Crippen LogP contribution in [0.1, 0.15) is 23.7 Å². The van der Waals surface area contributed by atoms with Gasteiger partial charge in [0.25, 0.3) is 0 Å². The number of benzene rings is 1. The van der Waals surface area contributed by atoms with Gasteiger partial charge in [0, 0.05) is 29.2 Å². The normalized spacial score (nSPS) is 23.1. The summed E-state index contributed by atoms with van der Waals surface area (Å²) in [5, 5.41) is 14.0. The molecule has 0 spiro atoms. The molecule has 2 heterocycles. The molecule has 100 valence electrons. The fraction of sp³-hybridized carbons (Fsp3) is 0.357. The van der Waals surface area contributed by atoms with Gasteiger partial charge in [0.05, 0.1) is 10.9 Å². The van der Waals surface area contributed by atoms with Gasteiger partial charge in [-0.05, 0) is 31.0 Å². The average molecular weight is 279 g/mol. The van der Waals surface area contributed by atoms with Crippen molar-refractivity contribution in [2.45, 2.75) is 19.4 Å². The largest absolute Gasteiger partial charge is 0.481 e. The summed E-state index contributed by atoms with van der Waals surface area (Å²) in [6.45, 7) is 2.49. The summed E-state index contributed by atoms with van der Waals surface area (Å²) in [6, 6.07) is 6.01. The van der Waals surface area contributed by atoms with Crippen LogP contribution in [0, 0.1) is 12.8 Å². The minimum atomic E-state index is -0.746. The second-order valence-corrected chi connectivity index (χ2v) is 5.49. The third-order valence-electron chi connectivity index (χ3n) is 3.76. The number of rotatable bonds is 2. The predicted molar refractivity (Wildman–Crippen MR) is 74.5 cm³/mol. The molecule has 0 amide bonds. The van der Waals surface area contributed by atoms with Crippen molar-refractivity contribution in [3.63, 3.8) is 0 Å². The molecule has 2 aromatic rings. The van der Waals surface area contributed by atoms with Gasteiger partial charge in [-0.1, -0.05) is 17.7 Å². The monoisotopic (exact) mass is 278 g/mol. The Hall–Kier alpha value is -1.52. The van der Waals surface area contributed by atoms with E-state index in [-0.39, 0.29) is 12.0 Å². The Kier molecular flexibility index (Phi) is 2.99. The van der Waals surface area contributed by atoms with Crippen molar-refractivity contribution in [1.29, 1.82) is 0 Å². The Morgan fingerprint density at radius 2 is 2.26 bits per heavy atom. The molecule has 3 rings (SSSR count). The number of aliphatic carboxylic acids is 1. The van der Waals surface area contributed by atoms with Crippen LogP contribution < -0.4 is 5.32 Å². The van der Waals surface area contributed by atoms with Crippen molar-refractivity contribution in [2.24, 2.45) is 5.92 Å². The highest BCUT2D eigenvalue weighted by Gasteiger charge is 2.31. The minimum absolute atomic E-state index is 0.0215. The van der Waals surface area contributed by atoms with Crippen molar-refractivity contribution in [3.05, 3.63) is 34.5 Å². The predicted octanol–water partition coefficient (Wildman–Crippen LogP) is 2.86. The number of halogens is 1. The van der Waals surface area contributed by atoms with Gasteiger partial charge in [-0.2, -0.15) is 0 Å². The van der Waals surface area contributed by atoms with E-state index in [1.807, 2.05) is 25.1 Å². The van der Waals surface area contributed by atoms with Crippen LogP contribution in [0.15, 0.2) is 18.2 Å². The molecular formula is C14H15ClN2O2. The van der Waals surface area contributed by atoms with Crippen molar-refractivity contribution >= 4 is 28.5 Å². The molecule has 19 heavy (non-hydrogen) atoms. The molecule has 3 N–H and O–H groups in total. The maximum absolute atomic E-state index is 11.0. The number of hydrogen-bond donors (Lipinski definition) is 3. The number of hydrogen-bond acceptors (Lipinski definition) is 2. The second kappa shape index (κ2) is 4.54. The SMILES string of the molecule is Cc1cc2c(Cl)c(C3CC(C(=O)O)CN3)ccc2[nH]1. The average Bonchev–Trinajstić information content (AvgIpc) is 2.95. The molecule has 1 aliphatic rings. The molecule has 0 saturated carbocycles. The van der Waals surface area contributed by atoms with Gasteiger partial charge in [-0.15, -0.1) is 0 Å². The Morgan fingerprint density at radius 1 is 1.47 bits per heavy atom. The Morgan fingerprint density at radius 3 is 2.95 bits per heavy atom. The van der Waals surface area contributed by atoms with Gasteiger partial charge >= 0.3 is 5.97 Å². The number of aryl methyl sites for hydroxylation is 1. The van der Waals surface area contributed by atoms with Gasteiger partial charge in [-0.25, -0.2) is 0 Å². The maximum atomic E-state index is 11.0. The number of aromatic amines is 1. The Bertz CT molecular complexity index is 650. The number of H-pyrrole nitrogens is 1. The van der Waals surface area contributed by atoms with Crippen LogP contribution >= 0.6 is 11.6 Å². The van der Waals surface area contributed by atoms with Crippen LogP contribution in [0.2, 0.25) is 5.02 Å². The first kappa shape index (κ1) is 12.5. The van der Waals surface area contributed by atoms with E-state index in [0.29, 0.717) is 18.0 Å². The lowest BCUT2D eigenvalue weighted by atomic mass is 9.99. The maximum Gasteiger partial charge on any atom is 0.307 e.